The number of aromatic amines is 1. The molecule has 0 spiro atoms. The molecule has 1 aliphatic carbocycles. The molecule has 1 aromatic carbocycles. The SMILES string of the molecule is O=C(N[C@@H]1CN2CCC1CC2)c1n[nH]c2ccc(N3CC[C@H](OCC4CC4)C3)cc12. The van der Waals surface area contributed by atoms with Crippen molar-refractivity contribution in [3.05, 3.63) is 23.9 Å². The highest BCUT2D eigenvalue weighted by molar-refractivity contribution is 6.05. The molecule has 5 aliphatic rings. The molecular formula is C23H31N5O2. The van der Waals surface area contributed by atoms with E-state index in [-0.39, 0.29) is 11.9 Å². The Bertz CT molecular complexity index is 931. The summed E-state index contributed by atoms with van der Waals surface area (Å²) in [6, 6.07) is 6.53. The number of anilines is 1. The smallest absolute Gasteiger partial charge is 0.272 e. The van der Waals surface area contributed by atoms with E-state index in [0.29, 0.717) is 17.7 Å². The molecule has 0 radical (unpaired) electrons. The minimum Gasteiger partial charge on any atom is -0.376 e. The van der Waals surface area contributed by atoms with E-state index >= 15 is 0 Å². The maximum Gasteiger partial charge on any atom is 0.272 e. The molecule has 5 fully saturated rings. The number of carbonyl (C=O) groups excluding carboxylic acids is 1. The minimum atomic E-state index is -0.0517. The molecule has 1 saturated carbocycles. The average molecular weight is 410 g/mol. The van der Waals surface area contributed by atoms with Crippen LogP contribution in [0.3, 0.4) is 0 Å². The molecule has 2 N–H and O–H groups in total. The quantitative estimate of drug-likeness (QED) is 0.766. The third-order valence-electron chi connectivity index (χ3n) is 7.51. The number of nitrogens with one attached hydrogen (secondary N) is 2. The van der Waals surface area contributed by atoms with Crippen LogP contribution in [0.15, 0.2) is 18.2 Å². The Kier molecular flexibility index (Phi) is 4.68. The second-order valence-corrected chi connectivity index (χ2v) is 9.65. The first-order valence-electron chi connectivity index (χ1n) is 11.6. The first-order valence-corrected chi connectivity index (χ1v) is 11.6. The topological polar surface area (TPSA) is 73.5 Å². The lowest BCUT2D eigenvalue weighted by Crippen LogP contribution is -2.57. The lowest BCUT2D eigenvalue weighted by Gasteiger charge is -2.44. The van der Waals surface area contributed by atoms with Gasteiger partial charge in [-0.15, -0.1) is 0 Å². The Morgan fingerprint density at radius 2 is 2.00 bits per heavy atom. The summed E-state index contributed by atoms with van der Waals surface area (Å²) in [7, 11) is 0. The Labute approximate surface area is 177 Å². The number of fused-ring (bicyclic) bond motifs is 4. The second-order valence-electron chi connectivity index (χ2n) is 9.65. The van der Waals surface area contributed by atoms with Crippen LogP contribution in [0.1, 0.15) is 42.6 Å². The minimum absolute atomic E-state index is 0.0517. The number of carbonyl (C=O) groups is 1. The number of aromatic nitrogens is 2. The lowest BCUT2D eigenvalue weighted by molar-refractivity contribution is 0.0605. The van der Waals surface area contributed by atoms with Crippen molar-refractivity contribution >= 4 is 22.5 Å². The fourth-order valence-corrected chi connectivity index (χ4v) is 5.39. The van der Waals surface area contributed by atoms with E-state index in [9.17, 15) is 4.79 Å². The van der Waals surface area contributed by atoms with Gasteiger partial charge in [-0.3, -0.25) is 9.89 Å². The van der Waals surface area contributed by atoms with Gasteiger partial charge in [0.25, 0.3) is 5.91 Å². The Morgan fingerprint density at radius 1 is 1.13 bits per heavy atom. The van der Waals surface area contributed by atoms with Gasteiger partial charge in [-0.05, 0) is 75.2 Å². The van der Waals surface area contributed by atoms with Crippen molar-refractivity contribution in [1.82, 2.24) is 20.4 Å². The number of ether oxygens (including phenoxy) is 1. The molecule has 0 unspecified atom stereocenters. The molecular weight excluding hydrogens is 378 g/mol. The first-order chi connectivity index (χ1) is 14.7. The van der Waals surface area contributed by atoms with E-state index in [1.165, 1.54) is 38.8 Å². The molecule has 2 bridgehead atoms. The van der Waals surface area contributed by atoms with Crippen LogP contribution in [0.2, 0.25) is 0 Å². The van der Waals surface area contributed by atoms with E-state index in [2.05, 4.69) is 37.4 Å². The van der Waals surface area contributed by atoms with Crippen molar-refractivity contribution in [3.8, 4) is 0 Å². The number of hydrogen-bond acceptors (Lipinski definition) is 5. The molecule has 7 nitrogen and oxygen atoms in total. The fraction of sp³-hybridized carbons (Fsp3) is 0.652. The van der Waals surface area contributed by atoms with Crippen molar-refractivity contribution in [2.75, 3.05) is 44.2 Å². The largest absolute Gasteiger partial charge is 0.376 e. The van der Waals surface area contributed by atoms with Gasteiger partial charge in [0.15, 0.2) is 5.69 Å². The molecule has 4 saturated heterocycles. The third-order valence-corrected chi connectivity index (χ3v) is 7.51. The highest BCUT2D eigenvalue weighted by Crippen LogP contribution is 2.32. The standard InChI is InChI=1S/C23H31N5O2/c29-23(24-21-13-27-8-5-16(21)6-9-27)22-19-11-17(3-4-20(19)25-26-22)28-10-7-18(12-28)30-14-15-1-2-15/h3-4,11,15-16,18,21H,1-2,5-10,12-14H2,(H,24,29)(H,25,26)/t18-,21+/m0/s1. The van der Waals surface area contributed by atoms with E-state index in [1.54, 1.807) is 0 Å². The van der Waals surface area contributed by atoms with Crippen LogP contribution < -0.4 is 10.2 Å². The lowest BCUT2D eigenvalue weighted by atomic mass is 9.84. The van der Waals surface area contributed by atoms with Crippen LogP contribution >= 0.6 is 0 Å². The number of nitrogens with zero attached hydrogens (tertiary/aromatic N) is 3. The fourth-order valence-electron chi connectivity index (χ4n) is 5.39. The van der Waals surface area contributed by atoms with E-state index in [0.717, 1.165) is 55.2 Å². The summed E-state index contributed by atoms with van der Waals surface area (Å²) < 4.78 is 6.09. The summed E-state index contributed by atoms with van der Waals surface area (Å²) in [6.45, 7) is 6.17. The number of piperidine rings is 3. The van der Waals surface area contributed by atoms with Crippen molar-refractivity contribution in [3.63, 3.8) is 0 Å². The van der Waals surface area contributed by atoms with Gasteiger partial charge >= 0.3 is 0 Å². The average Bonchev–Trinajstić information content (AvgIpc) is 3.32. The number of benzene rings is 1. The van der Waals surface area contributed by atoms with Gasteiger partial charge in [0.2, 0.25) is 0 Å². The van der Waals surface area contributed by atoms with E-state index in [1.807, 2.05) is 6.07 Å². The van der Waals surface area contributed by atoms with Gasteiger partial charge in [0.05, 0.1) is 11.6 Å². The van der Waals surface area contributed by atoms with Crippen molar-refractivity contribution in [2.24, 2.45) is 11.8 Å². The Balaban J connectivity index is 1.16. The monoisotopic (exact) mass is 409 g/mol. The van der Waals surface area contributed by atoms with Crippen LogP contribution in [0.4, 0.5) is 5.69 Å². The number of amides is 1. The van der Waals surface area contributed by atoms with E-state index < -0.39 is 0 Å². The first kappa shape index (κ1) is 18.6. The van der Waals surface area contributed by atoms with Crippen LogP contribution in [0.5, 0.6) is 0 Å². The summed E-state index contributed by atoms with van der Waals surface area (Å²) in [6.07, 6.45) is 6.44. The summed E-state index contributed by atoms with van der Waals surface area (Å²) in [4.78, 5) is 17.9. The molecule has 30 heavy (non-hydrogen) atoms. The van der Waals surface area contributed by atoms with Gasteiger partial charge in [0.1, 0.15) is 0 Å². The Hall–Kier alpha value is -2.12. The molecule has 7 rings (SSSR count). The van der Waals surface area contributed by atoms with Crippen LogP contribution in [-0.4, -0.2) is 72.5 Å². The van der Waals surface area contributed by atoms with Gasteiger partial charge in [-0.1, -0.05) is 0 Å². The van der Waals surface area contributed by atoms with Crippen LogP contribution in [0, 0.1) is 11.8 Å². The maximum absolute atomic E-state index is 13.1. The summed E-state index contributed by atoms with van der Waals surface area (Å²) in [5.41, 5.74) is 2.58. The zero-order chi connectivity index (χ0) is 20.1. The molecule has 4 aliphatic heterocycles. The summed E-state index contributed by atoms with van der Waals surface area (Å²) >= 11 is 0. The molecule has 2 aromatic rings. The third kappa shape index (κ3) is 3.58. The van der Waals surface area contributed by atoms with Gasteiger partial charge in [-0.25, -0.2) is 0 Å². The van der Waals surface area contributed by atoms with Gasteiger partial charge < -0.3 is 19.9 Å². The normalized spacial score (nSPS) is 30.9. The molecule has 160 valence electrons. The zero-order valence-corrected chi connectivity index (χ0v) is 17.5. The molecule has 2 atom stereocenters. The molecule has 7 heteroatoms. The van der Waals surface area contributed by atoms with Crippen molar-refractivity contribution < 1.29 is 9.53 Å². The number of hydrogen-bond donors (Lipinski definition) is 2. The molecule has 1 aromatic heterocycles. The van der Waals surface area contributed by atoms with Crippen molar-refractivity contribution in [2.45, 2.75) is 44.2 Å². The second kappa shape index (κ2) is 7.54. The van der Waals surface area contributed by atoms with Gasteiger partial charge in [0, 0.05) is 43.4 Å². The molecule has 5 heterocycles. The summed E-state index contributed by atoms with van der Waals surface area (Å²) in [5.74, 6) is 1.36. The van der Waals surface area contributed by atoms with Crippen LogP contribution in [-0.2, 0) is 4.74 Å². The number of rotatable bonds is 6. The maximum atomic E-state index is 13.1. The van der Waals surface area contributed by atoms with E-state index in [4.69, 9.17) is 4.74 Å². The van der Waals surface area contributed by atoms with Crippen LogP contribution in [0.25, 0.3) is 10.9 Å². The number of H-pyrrole nitrogens is 1. The highest BCUT2D eigenvalue weighted by atomic mass is 16.5. The Morgan fingerprint density at radius 3 is 2.77 bits per heavy atom. The predicted octanol–water partition coefficient (Wildman–Crippen LogP) is 2.39. The molecule has 1 amide bonds. The van der Waals surface area contributed by atoms with Gasteiger partial charge in [-0.2, -0.15) is 5.10 Å². The predicted molar refractivity (Wildman–Crippen MR) is 116 cm³/mol. The zero-order valence-electron chi connectivity index (χ0n) is 17.5. The highest BCUT2D eigenvalue weighted by Gasteiger charge is 2.35. The van der Waals surface area contributed by atoms with Crippen molar-refractivity contribution in [1.29, 1.82) is 0 Å². The summed E-state index contributed by atoms with van der Waals surface area (Å²) in [5, 5.41) is 11.6.